The van der Waals surface area contributed by atoms with E-state index in [1.807, 2.05) is 39.0 Å². The summed E-state index contributed by atoms with van der Waals surface area (Å²) in [5.74, 6) is 1.37. The van der Waals surface area contributed by atoms with Gasteiger partial charge < -0.3 is 10.2 Å². The monoisotopic (exact) mass is 372 g/mol. The van der Waals surface area contributed by atoms with Crippen LogP contribution in [0.3, 0.4) is 0 Å². The number of thioether (sulfide) groups is 2. The Hall–Kier alpha value is -0.850. The van der Waals surface area contributed by atoms with Crippen molar-refractivity contribution < 1.29 is 9.59 Å². The van der Waals surface area contributed by atoms with Gasteiger partial charge >= 0.3 is 0 Å². The summed E-state index contributed by atoms with van der Waals surface area (Å²) in [7, 11) is 0. The normalized spacial score (nSPS) is 18.1. The highest BCUT2D eigenvalue weighted by molar-refractivity contribution is 8.00. The van der Waals surface area contributed by atoms with Gasteiger partial charge in [0.15, 0.2) is 0 Å². The van der Waals surface area contributed by atoms with Gasteiger partial charge in [-0.25, -0.2) is 0 Å². The van der Waals surface area contributed by atoms with E-state index in [0.29, 0.717) is 16.7 Å². The highest BCUT2D eigenvalue weighted by Gasteiger charge is 2.35. The minimum atomic E-state index is -0.390. The van der Waals surface area contributed by atoms with Crippen molar-refractivity contribution in [3.8, 4) is 0 Å². The lowest BCUT2D eigenvalue weighted by molar-refractivity contribution is -0.136. The fourth-order valence-corrected chi connectivity index (χ4v) is 4.45. The van der Waals surface area contributed by atoms with Crippen molar-refractivity contribution in [1.82, 2.24) is 10.2 Å². The van der Waals surface area contributed by atoms with Gasteiger partial charge in [0.2, 0.25) is 11.8 Å². The predicted octanol–water partition coefficient (Wildman–Crippen LogP) is 3.25. The molecule has 2 rings (SSSR count). The Morgan fingerprint density at radius 3 is 2.74 bits per heavy atom. The standard InChI is InChI=1S/C16H21ClN2O2S2/c1-16(2,3)18-15(21)12-8-22-10-19(12)14(20)9-23-13-7-5-4-6-11(13)17/h4-7,12H,8-10H2,1-3H3,(H,18,21). The van der Waals surface area contributed by atoms with Crippen LogP contribution in [0.15, 0.2) is 29.2 Å². The van der Waals surface area contributed by atoms with Crippen LogP contribution in [-0.4, -0.2) is 45.7 Å². The van der Waals surface area contributed by atoms with Crippen molar-refractivity contribution in [2.75, 3.05) is 17.4 Å². The second-order valence-corrected chi connectivity index (χ2v) is 8.76. The van der Waals surface area contributed by atoms with E-state index in [1.165, 1.54) is 11.8 Å². The molecule has 1 N–H and O–H groups in total. The summed E-state index contributed by atoms with van der Waals surface area (Å²) in [6.45, 7) is 5.81. The van der Waals surface area contributed by atoms with Crippen LogP contribution in [0.25, 0.3) is 0 Å². The van der Waals surface area contributed by atoms with Crippen molar-refractivity contribution in [1.29, 1.82) is 0 Å². The molecule has 0 bridgehead atoms. The maximum absolute atomic E-state index is 12.5. The van der Waals surface area contributed by atoms with E-state index in [4.69, 9.17) is 11.6 Å². The maximum atomic E-state index is 12.5. The van der Waals surface area contributed by atoms with Crippen LogP contribution in [0.2, 0.25) is 5.02 Å². The molecule has 126 valence electrons. The van der Waals surface area contributed by atoms with Gasteiger partial charge in [-0.15, -0.1) is 23.5 Å². The summed E-state index contributed by atoms with van der Waals surface area (Å²) >= 11 is 9.12. The quantitative estimate of drug-likeness (QED) is 0.824. The molecule has 7 heteroatoms. The van der Waals surface area contributed by atoms with E-state index < -0.39 is 6.04 Å². The zero-order valence-corrected chi connectivity index (χ0v) is 15.9. The molecule has 0 aliphatic carbocycles. The van der Waals surface area contributed by atoms with Gasteiger partial charge in [0.1, 0.15) is 6.04 Å². The van der Waals surface area contributed by atoms with Gasteiger partial charge in [-0.3, -0.25) is 9.59 Å². The minimum absolute atomic E-state index is 0.0334. The third-order valence-corrected chi connectivity index (χ3v) is 5.70. The summed E-state index contributed by atoms with van der Waals surface area (Å²) in [6, 6.07) is 7.06. The largest absolute Gasteiger partial charge is 0.350 e. The van der Waals surface area contributed by atoms with E-state index >= 15 is 0 Å². The van der Waals surface area contributed by atoms with Gasteiger partial charge in [0, 0.05) is 16.2 Å². The molecule has 1 unspecified atom stereocenters. The van der Waals surface area contributed by atoms with E-state index in [1.54, 1.807) is 22.7 Å². The van der Waals surface area contributed by atoms with E-state index in [0.717, 1.165) is 4.90 Å². The lowest BCUT2D eigenvalue weighted by Gasteiger charge is -2.27. The first kappa shape index (κ1) is 18.5. The minimum Gasteiger partial charge on any atom is -0.350 e. The molecule has 23 heavy (non-hydrogen) atoms. The molecule has 0 aromatic heterocycles. The zero-order valence-electron chi connectivity index (χ0n) is 13.5. The van der Waals surface area contributed by atoms with Gasteiger partial charge in [-0.05, 0) is 32.9 Å². The number of nitrogens with one attached hydrogen (secondary N) is 1. The lowest BCUT2D eigenvalue weighted by atomic mass is 10.1. The van der Waals surface area contributed by atoms with Crippen LogP contribution < -0.4 is 5.32 Å². The first-order chi connectivity index (χ1) is 10.8. The highest BCUT2D eigenvalue weighted by Crippen LogP contribution is 2.28. The van der Waals surface area contributed by atoms with Crippen molar-refractivity contribution in [3.63, 3.8) is 0 Å². The topological polar surface area (TPSA) is 49.4 Å². The Labute approximate surface area is 150 Å². The van der Waals surface area contributed by atoms with Crippen molar-refractivity contribution in [3.05, 3.63) is 29.3 Å². The average Bonchev–Trinajstić information content (AvgIpc) is 2.94. The maximum Gasteiger partial charge on any atom is 0.244 e. The summed E-state index contributed by atoms with van der Waals surface area (Å²) < 4.78 is 0. The second kappa shape index (κ2) is 7.81. The summed E-state index contributed by atoms with van der Waals surface area (Å²) in [4.78, 5) is 27.4. The molecule has 1 atom stereocenters. The molecule has 4 nitrogen and oxygen atoms in total. The highest BCUT2D eigenvalue weighted by atomic mass is 35.5. The Morgan fingerprint density at radius 2 is 2.09 bits per heavy atom. The SMILES string of the molecule is CC(C)(C)NC(=O)C1CSCN1C(=O)CSc1ccccc1Cl. The first-order valence-corrected chi connectivity index (χ1v) is 9.86. The van der Waals surface area contributed by atoms with Gasteiger partial charge in [0.05, 0.1) is 16.7 Å². The molecule has 0 radical (unpaired) electrons. The molecular formula is C16H21ClN2O2S2. The number of benzene rings is 1. The van der Waals surface area contributed by atoms with Crippen molar-refractivity contribution >= 4 is 46.9 Å². The zero-order chi connectivity index (χ0) is 17.0. The number of halogens is 1. The van der Waals surface area contributed by atoms with E-state index in [2.05, 4.69) is 5.32 Å². The average molecular weight is 373 g/mol. The van der Waals surface area contributed by atoms with Gasteiger partial charge in [-0.1, -0.05) is 23.7 Å². The van der Waals surface area contributed by atoms with Crippen LogP contribution in [0.4, 0.5) is 0 Å². The number of amides is 2. The van der Waals surface area contributed by atoms with Crippen LogP contribution >= 0.6 is 35.1 Å². The summed E-state index contributed by atoms with van der Waals surface area (Å²) in [5.41, 5.74) is -0.300. The molecule has 1 aromatic rings. The molecule has 1 saturated heterocycles. The molecule has 1 aliphatic heterocycles. The smallest absolute Gasteiger partial charge is 0.244 e. The molecule has 1 aromatic carbocycles. The number of hydrogen-bond donors (Lipinski definition) is 1. The molecule has 0 saturated carbocycles. The Kier molecular flexibility index (Phi) is 6.28. The van der Waals surface area contributed by atoms with Gasteiger partial charge in [-0.2, -0.15) is 0 Å². The van der Waals surface area contributed by atoms with E-state index in [9.17, 15) is 9.59 Å². The Bertz CT molecular complexity index is 590. The molecule has 0 spiro atoms. The van der Waals surface area contributed by atoms with Crippen LogP contribution in [0.1, 0.15) is 20.8 Å². The third kappa shape index (κ3) is 5.33. The number of hydrogen-bond acceptors (Lipinski definition) is 4. The Balaban J connectivity index is 1.95. The predicted molar refractivity (Wildman–Crippen MR) is 98.0 cm³/mol. The third-order valence-electron chi connectivity index (χ3n) is 3.19. The molecule has 2 amide bonds. The number of nitrogens with zero attached hydrogens (tertiary/aromatic N) is 1. The van der Waals surface area contributed by atoms with Crippen molar-refractivity contribution in [2.45, 2.75) is 37.2 Å². The summed E-state index contributed by atoms with van der Waals surface area (Å²) in [6.07, 6.45) is 0. The number of carbonyl (C=O) groups excluding carboxylic acids is 2. The van der Waals surface area contributed by atoms with E-state index in [-0.39, 0.29) is 23.1 Å². The lowest BCUT2D eigenvalue weighted by Crippen LogP contribution is -2.52. The molecule has 1 heterocycles. The number of carbonyl (C=O) groups is 2. The van der Waals surface area contributed by atoms with Crippen LogP contribution in [0, 0.1) is 0 Å². The van der Waals surface area contributed by atoms with Crippen LogP contribution in [-0.2, 0) is 9.59 Å². The molecular weight excluding hydrogens is 352 g/mol. The van der Waals surface area contributed by atoms with Gasteiger partial charge in [0.25, 0.3) is 0 Å². The summed E-state index contributed by atoms with van der Waals surface area (Å²) in [5, 5.41) is 3.60. The molecule has 1 aliphatic rings. The molecule has 1 fully saturated rings. The van der Waals surface area contributed by atoms with Crippen molar-refractivity contribution in [2.24, 2.45) is 0 Å². The Morgan fingerprint density at radius 1 is 1.39 bits per heavy atom. The first-order valence-electron chi connectivity index (χ1n) is 7.34. The second-order valence-electron chi connectivity index (χ2n) is 6.34. The number of rotatable bonds is 4. The van der Waals surface area contributed by atoms with Crippen LogP contribution in [0.5, 0.6) is 0 Å². The fourth-order valence-electron chi connectivity index (χ4n) is 2.14. The fraction of sp³-hybridized carbons (Fsp3) is 0.500.